The molecule has 0 aliphatic heterocycles. The number of nitrogens with zero attached hydrogens (tertiary/aromatic N) is 2. The lowest BCUT2D eigenvalue weighted by atomic mass is 10.1. The Balaban J connectivity index is 1.55. The summed E-state index contributed by atoms with van der Waals surface area (Å²) < 4.78 is 33.9. The topological polar surface area (TPSA) is 87.6 Å². The van der Waals surface area contributed by atoms with E-state index in [-0.39, 0.29) is 30.6 Å². The van der Waals surface area contributed by atoms with Gasteiger partial charge >= 0.3 is 5.97 Å². The molecule has 0 fully saturated rings. The monoisotopic (exact) mass is 332 g/mol. The van der Waals surface area contributed by atoms with E-state index in [1.54, 1.807) is 18.2 Å². The number of hydrogen-bond donors (Lipinski definition) is 0. The average Bonchev–Trinajstić information content (AvgIpc) is 3.24. The van der Waals surface area contributed by atoms with Crippen LogP contribution in [0, 0.1) is 5.82 Å². The highest BCUT2D eigenvalue weighted by molar-refractivity contribution is 5.72. The van der Waals surface area contributed by atoms with Gasteiger partial charge in [0, 0.05) is 0 Å². The van der Waals surface area contributed by atoms with Crippen LogP contribution in [0.25, 0.3) is 11.7 Å². The molecule has 1 aromatic carbocycles. The molecule has 0 bridgehead atoms. The SMILES string of the molecule is COc1ccc(CC(=O)OCc2nnc(-c3ccco3)o2)cc1F. The lowest BCUT2D eigenvalue weighted by molar-refractivity contribution is -0.144. The first kappa shape index (κ1) is 15.7. The van der Waals surface area contributed by atoms with Crippen molar-refractivity contribution in [3.05, 3.63) is 53.9 Å². The summed E-state index contributed by atoms with van der Waals surface area (Å²) in [6, 6.07) is 7.62. The molecule has 3 rings (SSSR count). The van der Waals surface area contributed by atoms with Crippen LogP contribution in [0.4, 0.5) is 4.39 Å². The molecule has 2 aromatic heterocycles. The van der Waals surface area contributed by atoms with E-state index >= 15 is 0 Å². The number of hydrogen-bond acceptors (Lipinski definition) is 7. The number of halogens is 1. The van der Waals surface area contributed by atoms with E-state index in [4.69, 9.17) is 18.3 Å². The van der Waals surface area contributed by atoms with Gasteiger partial charge in [0.1, 0.15) is 0 Å². The van der Waals surface area contributed by atoms with Gasteiger partial charge in [-0.2, -0.15) is 0 Å². The van der Waals surface area contributed by atoms with Gasteiger partial charge in [0.15, 0.2) is 23.9 Å². The van der Waals surface area contributed by atoms with Gasteiger partial charge < -0.3 is 18.3 Å². The largest absolute Gasteiger partial charge is 0.494 e. The molecule has 0 unspecified atom stereocenters. The Bertz CT molecular complexity index is 829. The van der Waals surface area contributed by atoms with Crippen molar-refractivity contribution >= 4 is 5.97 Å². The second kappa shape index (κ2) is 6.95. The van der Waals surface area contributed by atoms with Gasteiger partial charge in [0.05, 0.1) is 19.8 Å². The molecule has 3 aromatic rings. The highest BCUT2D eigenvalue weighted by atomic mass is 19.1. The van der Waals surface area contributed by atoms with Gasteiger partial charge in [-0.3, -0.25) is 4.79 Å². The Morgan fingerprint density at radius 1 is 1.29 bits per heavy atom. The summed E-state index contributed by atoms with van der Waals surface area (Å²) in [6.07, 6.45) is 1.40. The lowest BCUT2D eigenvalue weighted by Gasteiger charge is -2.05. The van der Waals surface area contributed by atoms with Crippen molar-refractivity contribution < 1.29 is 27.5 Å². The molecule has 0 N–H and O–H groups in total. The fraction of sp³-hybridized carbons (Fsp3) is 0.188. The summed E-state index contributed by atoms with van der Waals surface area (Å²) in [4.78, 5) is 11.8. The van der Waals surface area contributed by atoms with E-state index in [0.717, 1.165) is 0 Å². The van der Waals surface area contributed by atoms with Crippen molar-refractivity contribution in [2.75, 3.05) is 7.11 Å². The van der Waals surface area contributed by atoms with Gasteiger partial charge in [-0.15, -0.1) is 10.2 Å². The summed E-state index contributed by atoms with van der Waals surface area (Å²) in [7, 11) is 1.37. The second-order valence-corrected chi connectivity index (χ2v) is 4.78. The van der Waals surface area contributed by atoms with Crippen LogP contribution in [-0.4, -0.2) is 23.3 Å². The molecule has 0 aliphatic carbocycles. The Morgan fingerprint density at radius 2 is 2.17 bits per heavy atom. The highest BCUT2D eigenvalue weighted by Gasteiger charge is 2.13. The van der Waals surface area contributed by atoms with E-state index in [1.165, 1.54) is 25.5 Å². The van der Waals surface area contributed by atoms with Crippen LogP contribution in [0.3, 0.4) is 0 Å². The standard InChI is InChI=1S/C16H13FN2O5/c1-21-12-5-4-10(7-11(12)17)8-15(20)23-9-14-18-19-16(24-14)13-3-2-6-22-13/h2-7H,8-9H2,1H3. The number of rotatable bonds is 6. The molecule has 8 heteroatoms. The summed E-state index contributed by atoms with van der Waals surface area (Å²) in [5.74, 6) is -0.212. The summed E-state index contributed by atoms with van der Waals surface area (Å²) >= 11 is 0. The highest BCUT2D eigenvalue weighted by Crippen LogP contribution is 2.19. The van der Waals surface area contributed by atoms with Crippen molar-refractivity contribution in [3.63, 3.8) is 0 Å². The van der Waals surface area contributed by atoms with Crippen LogP contribution < -0.4 is 4.74 Å². The minimum absolute atomic E-state index is 0.0832. The second-order valence-electron chi connectivity index (χ2n) is 4.78. The molecule has 0 atom stereocenters. The van der Waals surface area contributed by atoms with Gasteiger partial charge in [0.2, 0.25) is 0 Å². The maximum atomic E-state index is 13.6. The Labute approximate surface area is 136 Å². The third-order valence-corrected chi connectivity index (χ3v) is 3.12. The van der Waals surface area contributed by atoms with E-state index < -0.39 is 11.8 Å². The number of furan rings is 1. The summed E-state index contributed by atoms with van der Waals surface area (Å²) in [5.41, 5.74) is 0.472. The first-order chi connectivity index (χ1) is 11.7. The number of methoxy groups -OCH3 is 1. The van der Waals surface area contributed by atoms with Crippen molar-refractivity contribution in [1.29, 1.82) is 0 Å². The van der Waals surface area contributed by atoms with Gasteiger partial charge in [-0.25, -0.2) is 4.39 Å². The zero-order valence-electron chi connectivity index (χ0n) is 12.7. The zero-order chi connectivity index (χ0) is 16.9. The van der Waals surface area contributed by atoms with E-state index in [2.05, 4.69) is 10.2 Å². The van der Waals surface area contributed by atoms with Crippen molar-refractivity contribution in [1.82, 2.24) is 10.2 Å². The molecule has 0 radical (unpaired) electrons. The molecule has 0 amide bonds. The van der Waals surface area contributed by atoms with Gasteiger partial charge in [0.25, 0.3) is 11.8 Å². The van der Waals surface area contributed by atoms with Crippen LogP contribution in [0.5, 0.6) is 5.75 Å². The van der Waals surface area contributed by atoms with Crippen LogP contribution in [0.1, 0.15) is 11.5 Å². The molecule has 0 saturated heterocycles. The molecular formula is C16H13FN2O5. The van der Waals surface area contributed by atoms with Crippen molar-refractivity contribution in [2.24, 2.45) is 0 Å². The molecule has 124 valence electrons. The quantitative estimate of drug-likeness (QED) is 0.641. The van der Waals surface area contributed by atoms with Gasteiger partial charge in [-0.1, -0.05) is 6.07 Å². The number of benzene rings is 1. The van der Waals surface area contributed by atoms with Crippen LogP contribution in [-0.2, 0) is 22.6 Å². The maximum Gasteiger partial charge on any atom is 0.310 e. The predicted molar refractivity (Wildman–Crippen MR) is 78.5 cm³/mol. The molecular weight excluding hydrogens is 319 g/mol. The number of carbonyl (C=O) groups is 1. The molecule has 2 heterocycles. The lowest BCUT2D eigenvalue weighted by Crippen LogP contribution is -2.08. The normalized spacial score (nSPS) is 10.6. The van der Waals surface area contributed by atoms with E-state index in [0.29, 0.717) is 11.3 Å². The summed E-state index contributed by atoms with van der Waals surface area (Å²) in [6.45, 7) is -0.175. The smallest absolute Gasteiger partial charge is 0.310 e. The fourth-order valence-electron chi connectivity index (χ4n) is 1.99. The van der Waals surface area contributed by atoms with E-state index in [1.807, 2.05) is 0 Å². The molecule has 0 aliphatic rings. The van der Waals surface area contributed by atoms with Gasteiger partial charge in [-0.05, 0) is 29.8 Å². The Morgan fingerprint density at radius 3 is 2.88 bits per heavy atom. The minimum Gasteiger partial charge on any atom is -0.494 e. The molecule has 7 nitrogen and oxygen atoms in total. The predicted octanol–water partition coefficient (Wildman–Crippen LogP) is 2.76. The minimum atomic E-state index is -0.544. The number of aromatic nitrogens is 2. The fourth-order valence-corrected chi connectivity index (χ4v) is 1.99. The number of esters is 1. The van der Waals surface area contributed by atoms with Crippen molar-refractivity contribution in [3.8, 4) is 17.4 Å². The number of ether oxygens (including phenoxy) is 2. The first-order valence-electron chi connectivity index (χ1n) is 7.00. The summed E-state index contributed by atoms with van der Waals surface area (Å²) in [5, 5.41) is 7.54. The molecule has 0 saturated carbocycles. The van der Waals surface area contributed by atoms with E-state index in [9.17, 15) is 9.18 Å². The number of carbonyl (C=O) groups excluding carboxylic acids is 1. The molecule has 24 heavy (non-hydrogen) atoms. The molecule has 0 spiro atoms. The third kappa shape index (κ3) is 3.60. The zero-order valence-corrected chi connectivity index (χ0v) is 12.7. The van der Waals surface area contributed by atoms with Crippen molar-refractivity contribution in [2.45, 2.75) is 13.0 Å². The first-order valence-corrected chi connectivity index (χ1v) is 7.00. The Hall–Kier alpha value is -3.16. The maximum absolute atomic E-state index is 13.6. The third-order valence-electron chi connectivity index (χ3n) is 3.12. The average molecular weight is 332 g/mol. The Kier molecular flexibility index (Phi) is 4.55. The van der Waals surface area contributed by atoms with Crippen LogP contribution in [0.2, 0.25) is 0 Å². The van der Waals surface area contributed by atoms with Crippen LogP contribution >= 0.6 is 0 Å². The van der Waals surface area contributed by atoms with Crippen LogP contribution in [0.15, 0.2) is 45.4 Å².